The van der Waals surface area contributed by atoms with Crippen LogP contribution in [0.15, 0.2) is 53.5 Å². The molecule has 2 aromatic rings. The largest absolute Gasteiger partial charge is 0.490 e. The van der Waals surface area contributed by atoms with Gasteiger partial charge in [-0.1, -0.05) is 36.4 Å². The summed E-state index contributed by atoms with van der Waals surface area (Å²) in [6.07, 6.45) is 0.778. The minimum atomic E-state index is -0.0120. The Balaban J connectivity index is 1.99. The van der Waals surface area contributed by atoms with Crippen molar-refractivity contribution in [1.82, 2.24) is 15.5 Å². The molecule has 0 aromatic heterocycles. The predicted octanol–water partition coefficient (Wildman–Crippen LogP) is 2.85. The van der Waals surface area contributed by atoms with Crippen LogP contribution < -0.4 is 20.1 Å². The van der Waals surface area contributed by atoms with Crippen LogP contribution in [-0.4, -0.2) is 57.2 Å². The van der Waals surface area contributed by atoms with Crippen LogP contribution in [0.1, 0.15) is 25.0 Å². The van der Waals surface area contributed by atoms with Gasteiger partial charge >= 0.3 is 0 Å². The van der Waals surface area contributed by atoms with Crippen molar-refractivity contribution in [2.75, 3.05) is 40.4 Å². The highest BCUT2D eigenvalue weighted by Crippen LogP contribution is 2.28. The lowest BCUT2D eigenvalue weighted by Crippen LogP contribution is -2.43. The third-order valence-electron chi connectivity index (χ3n) is 4.48. The van der Waals surface area contributed by atoms with Gasteiger partial charge in [-0.3, -0.25) is 4.79 Å². The Morgan fingerprint density at radius 2 is 1.65 bits per heavy atom. The number of carbonyl (C=O) groups is 1. The Kier molecular flexibility index (Phi) is 10.2. The summed E-state index contributed by atoms with van der Waals surface area (Å²) in [6, 6.07) is 16.0. The molecule has 0 saturated heterocycles. The van der Waals surface area contributed by atoms with Crippen LogP contribution in [0.4, 0.5) is 0 Å². The number of nitrogens with zero attached hydrogens (tertiary/aromatic N) is 2. The second-order valence-electron chi connectivity index (χ2n) is 7.12. The maximum Gasteiger partial charge on any atom is 0.241 e. The van der Waals surface area contributed by atoms with Gasteiger partial charge in [-0.2, -0.15) is 0 Å². The van der Waals surface area contributed by atoms with E-state index in [4.69, 9.17) is 9.47 Å². The Morgan fingerprint density at radius 3 is 2.32 bits per heavy atom. The first-order valence-electron chi connectivity index (χ1n) is 10.7. The van der Waals surface area contributed by atoms with Gasteiger partial charge in [-0.15, -0.1) is 0 Å². The third kappa shape index (κ3) is 8.58. The molecule has 2 N–H and O–H groups in total. The molecule has 0 bridgehead atoms. The molecule has 0 aliphatic carbocycles. The Morgan fingerprint density at radius 1 is 0.935 bits per heavy atom. The fraction of sp³-hybridized carbons (Fsp3) is 0.417. The van der Waals surface area contributed by atoms with E-state index in [0.717, 1.165) is 29.0 Å². The summed E-state index contributed by atoms with van der Waals surface area (Å²) in [5, 5.41) is 6.44. The number of benzene rings is 2. The molecule has 31 heavy (non-hydrogen) atoms. The molecule has 7 nitrogen and oxygen atoms in total. The lowest BCUT2D eigenvalue weighted by Gasteiger charge is -2.16. The number of likely N-dealkylation sites (N-methyl/N-ethyl adjacent to an activating group) is 1. The summed E-state index contributed by atoms with van der Waals surface area (Å²) < 4.78 is 11.3. The lowest BCUT2D eigenvalue weighted by atomic mass is 10.1. The van der Waals surface area contributed by atoms with Crippen molar-refractivity contribution in [3.05, 3.63) is 59.7 Å². The van der Waals surface area contributed by atoms with Gasteiger partial charge in [0.25, 0.3) is 0 Å². The van der Waals surface area contributed by atoms with E-state index in [1.807, 2.05) is 62.4 Å². The van der Waals surface area contributed by atoms with Crippen molar-refractivity contribution in [3.8, 4) is 11.5 Å². The average molecular weight is 427 g/mol. The Bertz CT molecular complexity index is 838. The molecule has 0 saturated carbocycles. The number of amides is 1. The molecule has 0 heterocycles. The highest BCUT2D eigenvalue weighted by molar-refractivity contribution is 5.86. The van der Waals surface area contributed by atoms with Gasteiger partial charge in [0.05, 0.1) is 26.3 Å². The maximum absolute atomic E-state index is 12.0. The van der Waals surface area contributed by atoms with Gasteiger partial charge < -0.3 is 25.0 Å². The predicted molar refractivity (Wildman–Crippen MR) is 125 cm³/mol. The second-order valence-corrected chi connectivity index (χ2v) is 7.12. The molecule has 0 fully saturated rings. The molecule has 168 valence electrons. The summed E-state index contributed by atoms with van der Waals surface area (Å²) in [5.41, 5.74) is 2.24. The van der Waals surface area contributed by atoms with Crippen LogP contribution in [0.5, 0.6) is 11.5 Å². The van der Waals surface area contributed by atoms with E-state index in [1.165, 1.54) is 0 Å². The van der Waals surface area contributed by atoms with Crippen molar-refractivity contribution in [2.45, 2.75) is 26.8 Å². The number of nitrogens with one attached hydrogen (secondary N) is 2. The van der Waals surface area contributed by atoms with Crippen molar-refractivity contribution in [3.63, 3.8) is 0 Å². The molecule has 7 heteroatoms. The fourth-order valence-corrected chi connectivity index (χ4v) is 2.82. The third-order valence-corrected chi connectivity index (χ3v) is 4.48. The zero-order valence-electron chi connectivity index (χ0n) is 19.0. The van der Waals surface area contributed by atoms with E-state index in [1.54, 1.807) is 19.0 Å². The van der Waals surface area contributed by atoms with Gasteiger partial charge in [0.2, 0.25) is 5.91 Å². The molecule has 0 aliphatic heterocycles. The maximum atomic E-state index is 12.0. The summed E-state index contributed by atoms with van der Waals surface area (Å²) in [5.74, 6) is 2.11. The first kappa shape index (κ1) is 24.1. The number of rotatable bonds is 11. The van der Waals surface area contributed by atoms with Crippen LogP contribution in [0.3, 0.4) is 0 Å². The van der Waals surface area contributed by atoms with Crippen molar-refractivity contribution in [1.29, 1.82) is 0 Å². The van der Waals surface area contributed by atoms with E-state index in [-0.39, 0.29) is 12.5 Å². The highest BCUT2D eigenvalue weighted by atomic mass is 16.5. The van der Waals surface area contributed by atoms with Crippen molar-refractivity contribution in [2.24, 2.45) is 4.99 Å². The van der Waals surface area contributed by atoms with Gasteiger partial charge in [-0.25, -0.2) is 4.99 Å². The van der Waals surface area contributed by atoms with Crippen LogP contribution in [0.2, 0.25) is 0 Å². The normalized spacial score (nSPS) is 11.0. The zero-order valence-corrected chi connectivity index (χ0v) is 19.0. The number of hydrogen-bond acceptors (Lipinski definition) is 4. The highest BCUT2D eigenvalue weighted by Gasteiger charge is 2.08. The Labute approximate surface area is 185 Å². The summed E-state index contributed by atoms with van der Waals surface area (Å²) >= 11 is 0. The number of ether oxygens (including phenoxy) is 2. The number of aliphatic imine (C=N–C) groups is 1. The van der Waals surface area contributed by atoms with Crippen LogP contribution in [0, 0.1) is 0 Å². The second kappa shape index (κ2) is 13.2. The van der Waals surface area contributed by atoms with Gasteiger partial charge in [-0.05, 0) is 43.5 Å². The zero-order chi connectivity index (χ0) is 22.5. The standard InChI is InChI=1S/C24H34N4O3/c1-5-30-21-13-12-19(16-22(21)31-6-2)14-15-25-24(27-18-23(29)28(3)4)26-17-20-10-8-7-9-11-20/h7-13,16H,5-6,14-15,17-18H2,1-4H3,(H2,25,26,27). The average Bonchev–Trinajstić information content (AvgIpc) is 2.77. The topological polar surface area (TPSA) is 75.2 Å². The number of guanidine groups is 1. The van der Waals surface area contributed by atoms with E-state index >= 15 is 0 Å². The smallest absolute Gasteiger partial charge is 0.241 e. The molecule has 2 rings (SSSR count). The quantitative estimate of drug-likeness (QED) is 0.427. The van der Waals surface area contributed by atoms with E-state index < -0.39 is 0 Å². The fourth-order valence-electron chi connectivity index (χ4n) is 2.82. The van der Waals surface area contributed by atoms with Gasteiger partial charge in [0, 0.05) is 20.6 Å². The van der Waals surface area contributed by atoms with Gasteiger partial charge in [0.1, 0.15) is 0 Å². The van der Waals surface area contributed by atoms with Crippen molar-refractivity contribution >= 4 is 11.9 Å². The van der Waals surface area contributed by atoms with Crippen molar-refractivity contribution < 1.29 is 14.3 Å². The van der Waals surface area contributed by atoms with E-state index in [0.29, 0.717) is 32.3 Å². The molecular weight excluding hydrogens is 392 g/mol. The summed E-state index contributed by atoms with van der Waals surface area (Å²) in [6.45, 7) is 6.48. The summed E-state index contributed by atoms with van der Waals surface area (Å²) in [7, 11) is 3.47. The summed E-state index contributed by atoms with van der Waals surface area (Å²) in [4.78, 5) is 18.1. The molecule has 0 spiro atoms. The van der Waals surface area contributed by atoms with Crippen LogP contribution in [0.25, 0.3) is 0 Å². The first-order chi connectivity index (χ1) is 15.0. The lowest BCUT2D eigenvalue weighted by molar-refractivity contribution is -0.127. The van der Waals surface area contributed by atoms with E-state index in [9.17, 15) is 4.79 Å². The van der Waals surface area contributed by atoms with Gasteiger partial charge in [0.15, 0.2) is 17.5 Å². The number of hydrogen-bond donors (Lipinski definition) is 2. The first-order valence-corrected chi connectivity index (χ1v) is 10.7. The minimum absolute atomic E-state index is 0.0120. The molecule has 0 unspecified atom stereocenters. The number of carbonyl (C=O) groups excluding carboxylic acids is 1. The van der Waals surface area contributed by atoms with Crippen LogP contribution >= 0.6 is 0 Å². The minimum Gasteiger partial charge on any atom is -0.490 e. The van der Waals surface area contributed by atoms with E-state index in [2.05, 4.69) is 15.6 Å². The molecule has 0 aliphatic rings. The van der Waals surface area contributed by atoms with Crippen LogP contribution in [-0.2, 0) is 17.8 Å². The monoisotopic (exact) mass is 426 g/mol. The molecule has 0 radical (unpaired) electrons. The Hall–Kier alpha value is -3.22. The molecular formula is C24H34N4O3. The molecule has 1 amide bonds. The molecule has 2 aromatic carbocycles. The SMILES string of the molecule is CCOc1ccc(CCNC(=NCc2ccccc2)NCC(=O)N(C)C)cc1OCC. The molecule has 0 atom stereocenters.